The smallest absolute Gasteiger partial charge is 0.192 e. The van der Waals surface area contributed by atoms with Crippen molar-refractivity contribution in [3.8, 4) is 5.75 Å². The second-order valence-corrected chi connectivity index (χ2v) is 9.13. The molecule has 0 radical (unpaired) electrons. The Labute approximate surface area is 170 Å². The number of nitrogens with zero attached hydrogens (tertiary/aromatic N) is 1. The molecule has 6 heteroatoms. The predicted molar refractivity (Wildman–Crippen MR) is 111 cm³/mol. The fraction of sp³-hybridized carbons (Fsp3) is 0.476. The molecular weight excluding hydrogens is 382 g/mol. The molecule has 2 aliphatic heterocycles. The highest BCUT2D eigenvalue weighted by Gasteiger charge is 2.33. The Bertz CT molecular complexity index is 776. The van der Waals surface area contributed by atoms with Crippen molar-refractivity contribution in [3.63, 3.8) is 0 Å². The van der Waals surface area contributed by atoms with E-state index in [9.17, 15) is 4.79 Å². The lowest BCUT2D eigenvalue weighted by molar-refractivity contribution is 0.0883. The number of halogens is 1. The summed E-state index contributed by atoms with van der Waals surface area (Å²) >= 11 is 7.67. The van der Waals surface area contributed by atoms with E-state index in [4.69, 9.17) is 21.1 Å². The Kier molecular flexibility index (Phi) is 6.24. The van der Waals surface area contributed by atoms with Gasteiger partial charge in [0.05, 0.1) is 23.8 Å². The highest BCUT2D eigenvalue weighted by Crippen LogP contribution is 2.43. The van der Waals surface area contributed by atoms with Gasteiger partial charge in [0.25, 0.3) is 0 Å². The standard InChI is InChI=1S/C21H26ClNO3S/c1-21(2,3)19-13-27-20(23(19)12-15-6-5-9-26-15)11-17(24)16-10-14(22)7-8-18(16)25-4/h7-8,10-11,13,15H,5-6,9,12H2,1-4H3/b20-11-. The first-order valence-corrected chi connectivity index (χ1v) is 10.4. The molecule has 0 N–H and O–H groups in total. The van der Waals surface area contributed by atoms with Gasteiger partial charge in [-0.15, -0.1) is 0 Å². The van der Waals surface area contributed by atoms with E-state index >= 15 is 0 Å². The predicted octanol–water partition coefficient (Wildman–Crippen LogP) is 5.49. The lowest BCUT2D eigenvalue weighted by Crippen LogP contribution is -2.33. The van der Waals surface area contributed by atoms with Crippen LogP contribution in [0.3, 0.4) is 0 Å². The molecular formula is C21H26ClNO3S. The lowest BCUT2D eigenvalue weighted by Gasteiger charge is -2.33. The number of rotatable bonds is 5. The van der Waals surface area contributed by atoms with Crippen LogP contribution < -0.4 is 4.74 Å². The van der Waals surface area contributed by atoms with E-state index in [2.05, 4.69) is 31.1 Å². The van der Waals surface area contributed by atoms with Gasteiger partial charge in [-0.3, -0.25) is 4.79 Å². The van der Waals surface area contributed by atoms with Crippen molar-refractivity contribution < 1.29 is 14.3 Å². The van der Waals surface area contributed by atoms with E-state index in [1.165, 1.54) is 5.70 Å². The van der Waals surface area contributed by atoms with Gasteiger partial charge in [0.15, 0.2) is 5.78 Å². The molecule has 3 rings (SSSR count). The van der Waals surface area contributed by atoms with E-state index in [-0.39, 0.29) is 17.3 Å². The average Bonchev–Trinajstić information content (AvgIpc) is 3.25. The summed E-state index contributed by atoms with van der Waals surface area (Å²) in [5, 5.41) is 3.58. The monoisotopic (exact) mass is 407 g/mol. The number of hydrogen-bond donors (Lipinski definition) is 0. The summed E-state index contributed by atoms with van der Waals surface area (Å²) in [6, 6.07) is 5.10. The van der Waals surface area contributed by atoms with E-state index in [0.29, 0.717) is 16.3 Å². The third kappa shape index (κ3) is 4.71. The van der Waals surface area contributed by atoms with E-state index in [1.807, 2.05) is 0 Å². The molecule has 0 bridgehead atoms. The van der Waals surface area contributed by atoms with Gasteiger partial charge in [-0.1, -0.05) is 44.1 Å². The quantitative estimate of drug-likeness (QED) is 0.476. The first-order valence-electron chi connectivity index (χ1n) is 9.15. The maximum atomic E-state index is 13.0. The van der Waals surface area contributed by atoms with Crippen molar-refractivity contribution in [2.24, 2.45) is 5.41 Å². The molecule has 0 aliphatic carbocycles. The number of benzene rings is 1. The number of carbonyl (C=O) groups excluding carboxylic acids is 1. The second kappa shape index (κ2) is 8.29. The van der Waals surface area contributed by atoms with Gasteiger partial charge in [0.1, 0.15) is 5.75 Å². The van der Waals surface area contributed by atoms with E-state index in [0.717, 1.165) is 31.0 Å². The Morgan fingerprint density at radius 1 is 1.44 bits per heavy atom. The maximum absolute atomic E-state index is 13.0. The van der Waals surface area contributed by atoms with Crippen molar-refractivity contribution in [3.05, 3.63) is 51.0 Å². The molecule has 2 aliphatic rings. The first kappa shape index (κ1) is 20.3. The van der Waals surface area contributed by atoms with Crippen molar-refractivity contribution in [1.29, 1.82) is 0 Å². The van der Waals surface area contributed by atoms with Gasteiger partial charge < -0.3 is 14.4 Å². The molecule has 0 saturated carbocycles. The fourth-order valence-corrected chi connectivity index (χ4v) is 4.66. The molecule has 1 aromatic carbocycles. The molecule has 2 heterocycles. The summed E-state index contributed by atoms with van der Waals surface area (Å²) < 4.78 is 11.2. The zero-order valence-electron chi connectivity index (χ0n) is 16.3. The number of allylic oxidation sites excluding steroid dienone is 2. The third-order valence-electron chi connectivity index (χ3n) is 4.71. The summed E-state index contributed by atoms with van der Waals surface area (Å²) in [6.45, 7) is 8.14. The van der Waals surface area contributed by atoms with Crippen molar-refractivity contribution in [2.75, 3.05) is 20.3 Å². The average molecular weight is 408 g/mol. The molecule has 0 aromatic heterocycles. The van der Waals surface area contributed by atoms with Crippen LogP contribution in [0.15, 0.2) is 40.4 Å². The molecule has 4 nitrogen and oxygen atoms in total. The number of methoxy groups -OCH3 is 1. The highest BCUT2D eigenvalue weighted by atomic mass is 35.5. The summed E-state index contributed by atoms with van der Waals surface area (Å²) in [7, 11) is 1.56. The molecule has 0 amide bonds. The Balaban J connectivity index is 1.89. The minimum Gasteiger partial charge on any atom is -0.496 e. The topological polar surface area (TPSA) is 38.8 Å². The molecule has 1 aromatic rings. The normalized spacial score (nSPS) is 21.7. The number of ketones is 1. The van der Waals surface area contributed by atoms with Crippen LogP contribution in [-0.4, -0.2) is 37.0 Å². The minimum absolute atomic E-state index is 0.0159. The summed E-state index contributed by atoms with van der Waals surface area (Å²) in [5.41, 5.74) is 1.66. The number of carbonyl (C=O) groups is 1. The molecule has 0 spiro atoms. The summed E-state index contributed by atoms with van der Waals surface area (Å²) in [6.07, 6.45) is 4.04. The van der Waals surface area contributed by atoms with Crippen LogP contribution in [0, 0.1) is 5.41 Å². The van der Waals surface area contributed by atoms with Crippen LogP contribution in [0.1, 0.15) is 44.0 Å². The zero-order chi connectivity index (χ0) is 19.6. The van der Waals surface area contributed by atoms with E-state index < -0.39 is 0 Å². The number of hydrogen-bond acceptors (Lipinski definition) is 5. The number of ether oxygens (including phenoxy) is 2. The van der Waals surface area contributed by atoms with Crippen LogP contribution in [0.5, 0.6) is 5.75 Å². The van der Waals surface area contributed by atoms with Crippen molar-refractivity contribution >= 4 is 29.1 Å². The zero-order valence-corrected chi connectivity index (χ0v) is 17.8. The Hall–Kier alpha value is -1.43. The fourth-order valence-electron chi connectivity index (χ4n) is 3.30. The lowest BCUT2D eigenvalue weighted by atomic mass is 9.91. The van der Waals surface area contributed by atoms with Gasteiger partial charge in [0.2, 0.25) is 0 Å². The molecule has 1 unspecified atom stereocenters. The van der Waals surface area contributed by atoms with Gasteiger partial charge in [-0.2, -0.15) is 0 Å². The molecule has 27 heavy (non-hydrogen) atoms. The van der Waals surface area contributed by atoms with Crippen molar-refractivity contribution in [2.45, 2.75) is 39.7 Å². The van der Waals surface area contributed by atoms with E-state index in [1.54, 1.807) is 43.1 Å². The van der Waals surface area contributed by atoms with Gasteiger partial charge in [-0.25, -0.2) is 0 Å². The number of thioether (sulfide) groups is 1. The van der Waals surface area contributed by atoms with Crippen LogP contribution in [-0.2, 0) is 4.74 Å². The Morgan fingerprint density at radius 2 is 2.22 bits per heavy atom. The summed E-state index contributed by atoms with van der Waals surface area (Å²) in [5.74, 6) is 0.414. The molecule has 1 atom stereocenters. The van der Waals surface area contributed by atoms with Gasteiger partial charge >= 0.3 is 0 Å². The first-order chi connectivity index (χ1) is 12.8. The van der Waals surface area contributed by atoms with Crippen LogP contribution in [0.2, 0.25) is 5.02 Å². The SMILES string of the molecule is COc1ccc(Cl)cc1C(=O)/C=C1\SC=C(C(C)(C)C)N1CC1CCCO1. The van der Waals surface area contributed by atoms with Gasteiger partial charge in [-0.05, 0) is 36.4 Å². The van der Waals surface area contributed by atoms with Crippen LogP contribution >= 0.6 is 23.4 Å². The molecule has 1 saturated heterocycles. The molecule has 146 valence electrons. The Morgan fingerprint density at radius 3 is 2.85 bits per heavy atom. The van der Waals surface area contributed by atoms with Gasteiger partial charge in [0, 0.05) is 35.4 Å². The minimum atomic E-state index is -0.113. The molecule has 1 fully saturated rings. The largest absolute Gasteiger partial charge is 0.496 e. The second-order valence-electron chi connectivity index (χ2n) is 7.81. The third-order valence-corrected chi connectivity index (χ3v) is 5.86. The maximum Gasteiger partial charge on any atom is 0.192 e. The van der Waals surface area contributed by atoms with Crippen LogP contribution in [0.25, 0.3) is 0 Å². The van der Waals surface area contributed by atoms with Crippen molar-refractivity contribution in [1.82, 2.24) is 4.90 Å². The summed E-state index contributed by atoms with van der Waals surface area (Å²) in [4.78, 5) is 15.2. The van der Waals surface area contributed by atoms with Crippen LogP contribution in [0.4, 0.5) is 0 Å². The highest BCUT2D eigenvalue weighted by molar-refractivity contribution is 8.06.